The quantitative estimate of drug-likeness (QED) is 0.578. The summed E-state index contributed by atoms with van der Waals surface area (Å²) in [6, 6.07) is 15.3. The Morgan fingerprint density at radius 1 is 1.15 bits per heavy atom. The Morgan fingerprint density at radius 3 is 2.56 bits per heavy atom. The molecule has 2 aromatic carbocycles. The SMILES string of the molecule is Cc1cc(Br)ccc1NC(=O)N(c1cccc(C#N)c1)C1CCCCCC1. The minimum absolute atomic E-state index is 0.137. The topological polar surface area (TPSA) is 56.1 Å². The van der Waals surface area contributed by atoms with Crippen molar-refractivity contribution in [1.82, 2.24) is 0 Å². The van der Waals surface area contributed by atoms with Crippen LogP contribution in [0.4, 0.5) is 16.2 Å². The Balaban J connectivity index is 1.92. The summed E-state index contributed by atoms with van der Waals surface area (Å²) in [6.45, 7) is 1.98. The summed E-state index contributed by atoms with van der Waals surface area (Å²) in [6.07, 6.45) is 6.67. The van der Waals surface area contributed by atoms with Gasteiger partial charge in [-0.25, -0.2) is 4.79 Å². The number of urea groups is 1. The number of nitrogens with zero attached hydrogens (tertiary/aromatic N) is 2. The van der Waals surface area contributed by atoms with E-state index in [1.165, 1.54) is 12.8 Å². The molecule has 4 nitrogen and oxygen atoms in total. The van der Waals surface area contributed by atoms with Crippen molar-refractivity contribution >= 4 is 33.3 Å². The van der Waals surface area contributed by atoms with Gasteiger partial charge >= 0.3 is 6.03 Å². The number of carbonyl (C=O) groups excluding carboxylic acids is 1. The summed E-state index contributed by atoms with van der Waals surface area (Å²) in [5.41, 5.74) is 3.16. The highest BCUT2D eigenvalue weighted by Gasteiger charge is 2.26. The van der Waals surface area contributed by atoms with Crippen molar-refractivity contribution < 1.29 is 4.79 Å². The zero-order chi connectivity index (χ0) is 19.2. The van der Waals surface area contributed by atoms with E-state index < -0.39 is 0 Å². The van der Waals surface area contributed by atoms with Crippen LogP contribution in [-0.4, -0.2) is 12.1 Å². The molecule has 0 aromatic heterocycles. The molecule has 2 amide bonds. The molecule has 1 N–H and O–H groups in total. The molecule has 140 valence electrons. The van der Waals surface area contributed by atoms with E-state index in [1.54, 1.807) is 12.1 Å². The summed E-state index contributed by atoms with van der Waals surface area (Å²) in [5.74, 6) is 0. The van der Waals surface area contributed by atoms with Crippen molar-refractivity contribution in [2.75, 3.05) is 10.2 Å². The van der Waals surface area contributed by atoms with Crippen molar-refractivity contribution in [2.24, 2.45) is 0 Å². The minimum Gasteiger partial charge on any atom is -0.307 e. The third-order valence-electron chi connectivity index (χ3n) is 5.09. The molecule has 5 heteroatoms. The van der Waals surface area contributed by atoms with Crippen molar-refractivity contribution in [2.45, 2.75) is 51.5 Å². The molecule has 1 aliphatic carbocycles. The van der Waals surface area contributed by atoms with E-state index in [2.05, 4.69) is 27.3 Å². The number of amides is 2. The average molecular weight is 426 g/mol. The first-order valence-electron chi connectivity index (χ1n) is 9.45. The Kier molecular flexibility index (Phi) is 6.52. The monoisotopic (exact) mass is 425 g/mol. The van der Waals surface area contributed by atoms with Crippen LogP contribution in [0.15, 0.2) is 46.9 Å². The zero-order valence-electron chi connectivity index (χ0n) is 15.5. The van der Waals surface area contributed by atoms with Gasteiger partial charge in [0.2, 0.25) is 0 Å². The highest BCUT2D eigenvalue weighted by atomic mass is 79.9. The van der Waals surface area contributed by atoms with Gasteiger partial charge in [-0.3, -0.25) is 4.90 Å². The highest BCUT2D eigenvalue weighted by molar-refractivity contribution is 9.10. The van der Waals surface area contributed by atoms with Crippen LogP contribution in [-0.2, 0) is 0 Å². The largest absolute Gasteiger partial charge is 0.326 e. The molecule has 27 heavy (non-hydrogen) atoms. The second kappa shape index (κ2) is 9.05. The van der Waals surface area contributed by atoms with E-state index in [4.69, 9.17) is 0 Å². The lowest BCUT2D eigenvalue weighted by molar-refractivity contribution is 0.254. The van der Waals surface area contributed by atoms with E-state index in [1.807, 2.05) is 42.2 Å². The number of benzene rings is 2. The number of aryl methyl sites for hydroxylation is 1. The lowest BCUT2D eigenvalue weighted by Gasteiger charge is -2.32. The summed E-state index contributed by atoms with van der Waals surface area (Å²) < 4.78 is 0.986. The summed E-state index contributed by atoms with van der Waals surface area (Å²) in [4.78, 5) is 15.1. The predicted octanol–water partition coefficient (Wildman–Crippen LogP) is 6.39. The van der Waals surface area contributed by atoms with Gasteiger partial charge in [-0.05, 0) is 61.7 Å². The Hall–Kier alpha value is -2.32. The molecule has 3 rings (SSSR count). The van der Waals surface area contributed by atoms with Crippen LogP contribution in [0.2, 0.25) is 0 Å². The van der Waals surface area contributed by atoms with E-state index in [0.717, 1.165) is 47.1 Å². The number of nitrogens with one attached hydrogen (secondary N) is 1. The normalized spacial score (nSPS) is 14.9. The molecular weight excluding hydrogens is 402 g/mol. The van der Waals surface area contributed by atoms with E-state index in [0.29, 0.717) is 5.56 Å². The second-order valence-corrected chi connectivity index (χ2v) is 7.98. The molecule has 1 fully saturated rings. The van der Waals surface area contributed by atoms with Crippen LogP contribution < -0.4 is 10.2 Å². The average Bonchev–Trinajstić information content (AvgIpc) is 2.94. The van der Waals surface area contributed by atoms with Crippen molar-refractivity contribution in [3.63, 3.8) is 0 Å². The lowest BCUT2D eigenvalue weighted by Crippen LogP contribution is -2.43. The van der Waals surface area contributed by atoms with E-state index in [-0.39, 0.29) is 12.1 Å². The molecule has 0 spiro atoms. The van der Waals surface area contributed by atoms with Crippen LogP contribution in [0.3, 0.4) is 0 Å². The molecule has 1 aliphatic rings. The van der Waals surface area contributed by atoms with Gasteiger partial charge in [0.15, 0.2) is 0 Å². The van der Waals surface area contributed by atoms with Gasteiger partial charge in [-0.1, -0.05) is 47.7 Å². The molecule has 0 unspecified atom stereocenters. The maximum absolute atomic E-state index is 13.3. The second-order valence-electron chi connectivity index (χ2n) is 7.07. The minimum atomic E-state index is -0.137. The van der Waals surface area contributed by atoms with Crippen LogP contribution in [0.5, 0.6) is 0 Å². The number of carbonyl (C=O) groups is 1. The van der Waals surface area contributed by atoms with E-state index >= 15 is 0 Å². The van der Waals surface area contributed by atoms with Gasteiger partial charge in [-0.2, -0.15) is 5.26 Å². The lowest BCUT2D eigenvalue weighted by atomic mass is 10.1. The standard InChI is InChI=1S/C22H24BrN3O/c1-16-13-18(23)11-12-21(16)25-22(27)26(19-8-4-2-3-5-9-19)20-10-6-7-17(14-20)15-24/h6-7,10-14,19H,2-5,8-9H2,1H3,(H,25,27). The highest BCUT2D eigenvalue weighted by Crippen LogP contribution is 2.29. The third kappa shape index (κ3) is 4.90. The fourth-order valence-corrected chi connectivity index (χ4v) is 4.15. The number of hydrogen-bond donors (Lipinski definition) is 1. The van der Waals surface area contributed by atoms with E-state index in [9.17, 15) is 10.1 Å². The van der Waals surface area contributed by atoms with Gasteiger partial charge in [-0.15, -0.1) is 0 Å². The fourth-order valence-electron chi connectivity index (χ4n) is 3.68. The smallest absolute Gasteiger partial charge is 0.307 e. The van der Waals surface area contributed by atoms with Crippen LogP contribution >= 0.6 is 15.9 Å². The van der Waals surface area contributed by atoms with Gasteiger partial charge < -0.3 is 5.32 Å². The first kappa shape index (κ1) is 19.4. The number of hydrogen-bond acceptors (Lipinski definition) is 2. The molecule has 0 saturated heterocycles. The van der Waals surface area contributed by atoms with Crippen molar-refractivity contribution in [3.8, 4) is 6.07 Å². The zero-order valence-corrected chi connectivity index (χ0v) is 17.1. The first-order valence-corrected chi connectivity index (χ1v) is 10.2. The number of nitriles is 1. The fraction of sp³-hybridized carbons (Fsp3) is 0.364. The summed E-state index contributed by atoms with van der Waals surface area (Å²) >= 11 is 3.46. The predicted molar refractivity (Wildman–Crippen MR) is 113 cm³/mol. The first-order chi connectivity index (χ1) is 13.1. The Labute approximate surface area is 169 Å². The van der Waals surface area contributed by atoms with Crippen molar-refractivity contribution in [3.05, 3.63) is 58.1 Å². The molecule has 0 aliphatic heterocycles. The molecule has 0 radical (unpaired) electrons. The Bertz CT molecular complexity index is 851. The molecule has 2 aromatic rings. The van der Waals surface area contributed by atoms with Crippen LogP contribution in [0.1, 0.15) is 49.7 Å². The van der Waals surface area contributed by atoms with Crippen LogP contribution in [0.25, 0.3) is 0 Å². The van der Waals surface area contributed by atoms with Gasteiger partial charge in [0, 0.05) is 21.9 Å². The molecular formula is C22H24BrN3O. The molecule has 1 saturated carbocycles. The number of rotatable bonds is 3. The maximum Gasteiger partial charge on any atom is 0.326 e. The summed E-state index contributed by atoms with van der Waals surface area (Å²) in [5, 5.41) is 12.3. The Morgan fingerprint density at radius 2 is 1.89 bits per heavy atom. The molecule has 0 atom stereocenters. The number of halogens is 1. The molecule has 0 heterocycles. The summed E-state index contributed by atoms with van der Waals surface area (Å²) in [7, 11) is 0. The van der Waals surface area contributed by atoms with Crippen molar-refractivity contribution in [1.29, 1.82) is 5.26 Å². The maximum atomic E-state index is 13.3. The third-order valence-corrected chi connectivity index (χ3v) is 5.59. The van der Waals surface area contributed by atoms with Crippen LogP contribution in [0, 0.1) is 18.3 Å². The van der Waals surface area contributed by atoms with Gasteiger partial charge in [0.1, 0.15) is 0 Å². The molecule has 0 bridgehead atoms. The number of anilines is 2. The van der Waals surface area contributed by atoms with Gasteiger partial charge in [0.05, 0.1) is 11.6 Å². The van der Waals surface area contributed by atoms with Gasteiger partial charge in [0.25, 0.3) is 0 Å².